The molecule has 1 aliphatic rings. The Labute approximate surface area is 231 Å². The molecule has 1 N–H and O–H groups in total. The van der Waals surface area contributed by atoms with E-state index in [4.69, 9.17) is 23.4 Å². The number of fused-ring (bicyclic) bond motifs is 2. The van der Waals surface area contributed by atoms with E-state index in [-0.39, 0.29) is 16.8 Å². The zero-order chi connectivity index (χ0) is 28.2. The second kappa shape index (κ2) is 12.0. The predicted octanol–water partition coefficient (Wildman–Crippen LogP) is 5.48. The predicted molar refractivity (Wildman–Crippen MR) is 150 cm³/mol. The summed E-state index contributed by atoms with van der Waals surface area (Å²) in [6.07, 6.45) is 2.35. The minimum Gasteiger partial charge on any atom is -0.490 e. The van der Waals surface area contributed by atoms with Gasteiger partial charge in [-0.05, 0) is 76.0 Å². The van der Waals surface area contributed by atoms with Gasteiger partial charge in [-0.25, -0.2) is 9.59 Å². The average molecular weight is 556 g/mol. The van der Waals surface area contributed by atoms with E-state index in [9.17, 15) is 14.4 Å². The first-order chi connectivity index (χ1) is 18.6. The molecule has 1 atom stereocenters. The quantitative estimate of drug-likeness (QED) is 0.299. The van der Waals surface area contributed by atoms with Gasteiger partial charge in [0.15, 0.2) is 11.5 Å². The van der Waals surface area contributed by atoms with Crippen molar-refractivity contribution in [2.24, 2.45) is 0 Å². The monoisotopic (exact) mass is 555 g/mol. The number of amides is 1. The Morgan fingerprint density at radius 3 is 2.54 bits per heavy atom. The van der Waals surface area contributed by atoms with Crippen molar-refractivity contribution < 1.29 is 33.0 Å². The van der Waals surface area contributed by atoms with Crippen LogP contribution in [0.2, 0.25) is 0 Å². The third-order valence-corrected chi connectivity index (χ3v) is 6.52. The minimum atomic E-state index is -0.904. The maximum absolute atomic E-state index is 13.5. The van der Waals surface area contributed by atoms with Gasteiger partial charge in [0.1, 0.15) is 28.7 Å². The van der Waals surface area contributed by atoms with Gasteiger partial charge >= 0.3 is 12.1 Å². The summed E-state index contributed by atoms with van der Waals surface area (Å²) in [6, 6.07) is 9.07. The first-order valence-corrected chi connectivity index (χ1v) is 14.1. The molecule has 1 aliphatic heterocycles. The average Bonchev–Trinajstić information content (AvgIpc) is 3.10. The van der Waals surface area contributed by atoms with E-state index in [1.807, 2.05) is 6.26 Å². The van der Waals surface area contributed by atoms with Gasteiger partial charge in [-0.2, -0.15) is 11.8 Å². The van der Waals surface area contributed by atoms with Gasteiger partial charge in [-0.1, -0.05) is 6.07 Å². The van der Waals surface area contributed by atoms with Crippen molar-refractivity contribution in [1.82, 2.24) is 5.32 Å². The second-order valence-electron chi connectivity index (χ2n) is 10.1. The molecule has 4 rings (SSSR count). The number of aryl methyl sites for hydroxylation is 1. The van der Waals surface area contributed by atoms with Crippen molar-refractivity contribution in [1.29, 1.82) is 0 Å². The van der Waals surface area contributed by atoms with E-state index in [0.717, 1.165) is 6.42 Å². The topological polar surface area (TPSA) is 113 Å². The highest BCUT2D eigenvalue weighted by molar-refractivity contribution is 7.98. The van der Waals surface area contributed by atoms with Crippen molar-refractivity contribution in [3.05, 3.63) is 52.4 Å². The fourth-order valence-electron chi connectivity index (χ4n) is 4.12. The molecule has 9 nitrogen and oxygen atoms in total. The number of esters is 1. The van der Waals surface area contributed by atoms with Gasteiger partial charge in [0.05, 0.1) is 24.2 Å². The zero-order valence-electron chi connectivity index (χ0n) is 22.8. The summed E-state index contributed by atoms with van der Waals surface area (Å²) >= 11 is 1.54. The normalized spacial score (nSPS) is 13.9. The third-order valence-electron chi connectivity index (χ3n) is 5.88. The van der Waals surface area contributed by atoms with Gasteiger partial charge in [-0.15, -0.1) is 0 Å². The summed E-state index contributed by atoms with van der Waals surface area (Å²) in [5, 5.41) is 2.93. The molecule has 0 bridgehead atoms. The van der Waals surface area contributed by atoms with E-state index in [2.05, 4.69) is 5.32 Å². The largest absolute Gasteiger partial charge is 0.490 e. The molecule has 0 spiro atoms. The molecule has 1 aromatic heterocycles. The molecule has 208 valence electrons. The minimum absolute atomic E-state index is 0.193. The lowest BCUT2D eigenvalue weighted by Crippen LogP contribution is -2.45. The Bertz CT molecular complexity index is 1430. The highest BCUT2D eigenvalue weighted by Crippen LogP contribution is 2.35. The molecule has 0 saturated heterocycles. The molecule has 3 aromatic rings. The molecule has 2 aromatic carbocycles. The molecule has 0 radical (unpaired) electrons. The zero-order valence-corrected chi connectivity index (χ0v) is 23.6. The van der Waals surface area contributed by atoms with E-state index >= 15 is 0 Å². The van der Waals surface area contributed by atoms with Crippen LogP contribution in [0.25, 0.3) is 22.1 Å². The number of rotatable bonds is 7. The van der Waals surface area contributed by atoms with Crippen LogP contribution in [0, 0.1) is 6.92 Å². The van der Waals surface area contributed by atoms with Gasteiger partial charge in [0, 0.05) is 12.5 Å². The van der Waals surface area contributed by atoms with Crippen molar-refractivity contribution in [3.63, 3.8) is 0 Å². The molecule has 0 saturated carbocycles. The number of alkyl carbamates (subject to hydrolysis) is 1. The third kappa shape index (κ3) is 7.06. The first kappa shape index (κ1) is 28.4. The van der Waals surface area contributed by atoms with Crippen LogP contribution >= 0.6 is 11.8 Å². The van der Waals surface area contributed by atoms with Crippen LogP contribution in [0.15, 0.2) is 45.6 Å². The number of ether oxygens (including phenoxy) is 4. The summed E-state index contributed by atoms with van der Waals surface area (Å²) < 4.78 is 28.3. The summed E-state index contributed by atoms with van der Waals surface area (Å²) in [7, 11) is 0. The van der Waals surface area contributed by atoms with Crippen molar-refractivity contribution in [2.45, 2.75) is 52.2 Å². The Kier molecular flexibility index (Phi) is 8.74. The molecular weight excluding hydrogens is 522 g/mol. The van der Waals surface area contributed by atoms with Gasteiger partial charge in [-0.3, -0.25) is 4.79 Å². The Morgan fingerprint density at radius 1 is 1.08 bits per heavy atom. The molecular formula is C29H33NO8S. The SMILES string of the molecule is CSCCC(NC(=O)OC(C)(C)C)C(=O)Oc1ccc2c(=O)c(-c3ccc4c(c3)OCCCO4)c(C)oc2c1. The molecule has 0 fully saturated rings. The lowest BCUT2D eigenvalue weighted by Gasteiger charge is -2.22. The maximum atomic E-state index is 13.5. The molecule has 0 aliphatic carbocycles. The smallest absolute Gasteiger partial charge is 0.408 e. The summed E-state index contributed by atoms with van der Waals surface area (Å²) in [6.45, 7) is 8.05. The number of nitrogens with one attached hydrogen (secondary N) is 1. The lowest BCUT2D eigenvalue weighted by molar-refractivity contribution is -0.136. The van der Waals surface area contributed by atoms with Crippen LogP contribution in [0.3, 0.4) is 0 Å². The Morgan fingerprint density at radius 2 is 1.82 bits per heavy atom. The molecule has 1 amide bonds. The van der Waals surface area contributed by atoms with E-state index in [0.29, 0.717) is 59.2 Å². The Balaban J connectivity index is 1.58. The molecule has 1 unspecified atom stereocenters. The molecule has 39 heavy (non-hydrogen) atoms. The van der Waals surface area contributed by atoms with Crippen molar-refractivity contribution in [2.75, 3.05) is 25.2 Å². The summed E-state index contributed by atoms with van der Waals surface area (Å²) in [5.74, 6) is 1.82. The number of carbonyl (C=O) groups excluding carboxylic acids is 2. The number of hydrogen-bond donors (Lipinski definition) is 1. The van der Waals surface area contributed by atoms with E-state index < -0.39 is 23.7 Å². The van der Waals surface area contributed by atoms with Gasteiger partial charge < -0.3 is 28.7 Å². The van der Waals surface area contributed by atoms with Crippen LogP contribution in [-0.2, 0) is 9.53 Å². The van der Waals surface area contributed by atoms with Gasteiger partial charge in [0.2, 0.25) is 5.43 Å². The number of thioether (sulfide) groups is 1. The fourth-order valence-corrected chi connectivity index (χ4v) is 4.59. The summed E-state index contributed by atoms with van der Waals surface area (Å²) in [4.78, 5) is 38.7. The van der Waals surface area contributed by atoms with Crippen LogP contribution < -0.4 is 25.0 Å². The molecule has 10 heteroatoms. The first-order valence-electron chi connectivity index (χ1n) is 12.7. The number of benzene rings is 2. The standard InChI is InChI=1S/C29H33NO8S/c1-17-25(18-7-10-22-24(15-18)35-13-6-12-34-22)26(31)20-9-8-19(16-23(20)36-17)37-27(32)21(11-14-39-5)30-28(33)38-29(2,3)4/h7-10,15-16,21H,6,11-14H2,1-5H3,(H,30,33). The summed E-state index contributed by atoms with van der Waals surface area (Å²) in [5.41, 5.74) is 0.436. The second-order valence-corrected chi connectivity index (χ2v) is 11.1. The maximum Gasteiger partial charge on any atom is 0.408 e. The fraction of sp³-hybridized carbons (Fsp3) is 0.414. The van der Waals surface area contributed by atoms with Crippen LogP contribution in [-0.4, -0.2) is 48.9 Å². The highest BCUT2D eigenvalue weighted by Gasteiger charge is 2.26. The molecule has 2 heterocycles. The van der Waals surface area contributed by atoms with Crippen LogP contribution in [0.5, 0.6) is 17.2 Å². The van der Waals surface area contributed by atoms with E-state index in [1.54, 1.807) is 63.7 Å². The number of hydrogen-bond acceptors (Lipinski definition) is 9. The van der Waals surface area contributed by atoms with Gasteiger partial charge in [0.25, 0.3) is 0 Å². The number of carbonyl (C=O) groups is 2. The van der Waals surface area contributed by atoms with Crippen molar-refractivity contribution in [3.8, 4) is 28.4 Å². The Hall–Kier alpha value is -3.66. The van der Waals surface area contributed by atoms with E-state index in [1.165, 1.54) is 12.1 Å². The van der Waals surface area contributed by atoms with Crippen LogP contribution in [0.4, 0.5) is 4.79 Å². The highest BCUT2D eigenvalue weighted by atomic mass is 32.2. The lowest BCUT2D eigenvalue weighted by atomic mass is 10.0. The van der Waals surface area contributed by atoms with Crippen LogP contribution in [0.1, 0.15) is 39.4 Å². The van der Waals surface area contributed by atoms with Crippen molar-refractivity contribution >= 4 is 34.8 Å².